The number of nitrogens with zero attached hydrogens (tertiary/aromatic N) is 1. The van der Waals surface area contributed by atoms with E-state index in [1.54, 1.807) is 24.3 Å². The highest BCUT2D eigenvalue weighted by Gasteiger charge is 2.14. The first-order valence-corrected chi connectivity index (χ1v) is 5.86. The molecule has 0 saturated carbocycles. The molecule has 2 amide bonds. The molecule has 0 aliphatic carbocycles. The average Bonchev–Trinajstić information content (AvgIpc) is 2.39. The van der Waals surface area contributed by atoms with E-state index in [9.17, 15) is 9.59 Å². The van der Waals surface area contributed by atoms with E-state index in [0.717, 1.165) is 0 Å². The minimum Gasteiger partial charge on any atom is -0.348 e. The monoisotopic (exact) mass is 265 g/mol. The first-order chi connectivity index (χ1) is 8.69. The summed E-state index contributed by atoms with van der Waals surface area (Å²) in [4.78, 5) is 22.9. The number of nitrogens with one attached hydrogen (secondary N) is 2. The maximum Gasteiger partial charge on any atom is 0.313 e. The van der Waals surface area contributed by atoms with E-state index in [4.69, 9.17) is 16.9 Å². The van der Waals surface area contributed by atoms with Crippen LogP contribution in [-0.2, 0) is 9.59 Å². The van der Waals surface area contributed by atoms with Crippen LogP contribution in [0.2, 0.25) is 0 Å². The van der Waals surface area contributed by atoms with Crippen molar-refractivity contribution in [2.24, 2.45) is 0 Å². The molecule has 0 saturated heterocycles. The largest absolute Gasteiger partial charge is 0.348 e. The molecule has 2 N–H and O–H groups in total. The number of rotatable bonds is 4. The number of para-hydroxylation sites is 1. The van der Waals surface area contributed by atoms with Crippen LogP contribution < -0.4 is 10.6 Å². The molecule has 0 unspecified atom stereocenters. The van der Waals surface area contributed by atoms with E-state index < -0.39 is 11.8 Å². The van der Waals surface area contributed by atoms with Crippen molar-refractivity contribution in [3.05, 3.63) is 29.8 Å². The molecular formula is C12H12ClN3O2. The number of alkyl halides is 1. The van der Waals surface area contributed by atoms with Gasteiger partial charge in [-0.05, 0) is 18.6 Å². The molecule has 0 heterocycles. The third-order valence-electron chi connectivity index (χ3n) is 2.10. The highest BCUT2D eigenvalue weighted by molar-refractivity contribution is 6.39. The van der Waals surface area contributed by atoms with E-state index in [-0.39, 0.29) is 0 Å². The zero-order valence-electron chi connectivity index (χ0n) is 9.57. The molecule has 18 heavy (non-hydrogen) atoms. The lowest BCUT2D eigenvalue weighted by atomic mass is 10.2. The lowest BCUT2D eigenvalue weighted by Gasteiger charge is -2.06. The molecular weight excluding hydrogens is 254 g/mol. The number of hydrogen-bond acceptors (Lipinski definition) is 3. The standard InChI is InChI=1S/C12H12ClN3O2/c13-6-3-7-15-11(17)12(18)16-10-5-2-1-4-9(10)8-14/h1-2,4-5H,3,6-7H2,(H,15,17)(H,16,18). The van der Waals surface area contributed by atoms with Crippen LogP contribution in [-0.4, -0.2) is 24.2 Å². The first kappa shape index (κ1) is 14.0. The summed E-state index contributed by atoms with van der Waals surface area (Å²) in [7, 11) is 0. The van der Waals surface area contributed by atoms with Crippen molar-refractivity contribution in [2.45, 2.75) is 6.42 Å². The Morgan fingerprint density at radius 2 is 2.00 bits per heavy atom. The maximum atomic E-state index is 11.5. The fourth-order valence-electron chi connectivity index (χ4n) is 1.22. The molecule has 0 aliphatic rings. The van der Waals surface area contributed by atoms with Gasteiger partial charge in [0.1, 0.15) is 6.07 Å². The highest BCUT2D eigenvalue weighted by atomic mass is 35.5. The minimum absolute atomic E-state index is 0.305. The van der Waals surface area contributed by atoms with Crippen LogP contribution in [0.3, 0.4) is 0 Å². The van der Waals surface area contributed by atoms with Crippen molar-refractivity contribution in [2.75, 3.05) is 17.7 Å². The van der Waals surface area contributed by atoms with Gasteiger partial charge in [0.25, 0.3) is 0 Å². The molecule has 0 bridgehead atoms. The number of nitriles is 1. The van der Waals surface area contributed by atoms with Crippen molar-refractivity contribution >= 4 is 29.1 Å². The van der Waals surface area contributed by atoms with Gasteiger partial charge in [0.2, 0.25) is 0 Å². The predicted molar refractivity (Wildman–Crippen MR) is 68.1 cm³/mol. The van der Waals surface area contributed by atoms with Gasteiger partial charge in [-0.2, -0.15) is 5.26 Å². The van der Waals surface area contributed by atoms with E-state index in [0.29, 0.717) is 30.1 Å². The van der Waals surface area contributed by atoms with Gasteiger partial charge >= 0.3 is 11.8 Å². The zero-order valence-corrected chi connectivity index (χ0v) is 10.3. The second-order valence-electron chi connectivity index (χ2n) is 3.41. The quantitative estimate of drug-likeness (QED) is 0.488. The van der Waals surface area contributed by atoms with Gasteiger partial charge in [-0.25, -0.2) is 0 Å². The summed E-state index contributed by atoms with van der Waals surface area (Å²) >= 11 is 5.45. The summed E-state index contributed by atoms with van der Waals surface area (Å²) < 4.78 is 0. The normalized spacial score (nSPS) is 9.33. The smallest absolute Gasteiger partial charge is 0.313 e. The molecule has 6 heteroatoms. The molecule has 5 nitrogen and oxygen atoms in total. The van der Waals surface area contributed by atoms with E-state index in [1.165, 1.54) is 0 Å². The van der Waals surface area contributed by atoms with Crippen LogP contribution in [0, 0.1) is 11.3 Å². The highest BCUT2D eigenvalue weighted by Crippen LogP contribution is 2.12. The molecule has 0 radical (unpaired) electrons. The lowest BCUT2D eigenvalue weighted by molar-refractivity contribution is -0.136. The summed E-state index contributed by atoms with van der Waals surface area (Å²) in [6, 6.07) is 8.39. The molecule has 0 spiro atoms. The maximum absolute atomic E-state index is 11.5. The van der Waals surface area contributed by atoms with Crippen LogP contribution in [0.1, 0.15) is 12.0 Å². The fraction of sp³-hybridized carbons (Fsp3) is 0.250. The summed E-state index contributed by atoms with van der Waals surface area (Å²) in [5.74, 6) is -1.13. The van der Waals surface area contributed by atoms with Gasteiger partial charge in [-0.1, -0.05) is 12.1 Å². The number of carbonyl (C=O) groups excluding carboxylic acids is 2. The Kier molecular flexibility index (Phi) is 5.68. The number of carbonyl (C=O) groups is 2. The summed E-state index contributed by atoms with van der Waals surface area (Å²) in [6.07, 6.45) is 0.593. The third-order valence-corrected chi connectivity index (χ3v) is 2.37. The van der Waals surface area contributed by atoms with Crippen LogP contribution in [0.5, 0.6) is 0 Å². The van der Waals surface area contributed by atoms with Crippen molar-refractivity contribution in [1.82, 2.24) is 5.32 Å². The number of hydrogen-bond donors (Lipinski definition) is 2. The van der Waals surface area contributed by atoms with E-state index >= 15 is 0 Å². The predicted octanol–water partition coefficient (Wildman–Crippen LogP) is 1.24. The Balaban J connectivity index is 2.59. The average molecular weight is 266 g/mol. The van der Waals surface area contributed by atoms with Gasteiger partial charge in [0.05, 0.1) is 11.3 Å². The Hall–Kier alpha value is -2.06. The van der Waals surface area contributed by atoms with Crippen LogP contribution in [0.25, 0.3) is 0 Å². The Labute approximate surface area is 110 Å². The Bertz CT molecular complexity index is 482. The molecule has 0 aliphatic heterocycles. The van der Waals surface area contributed by atoms with Gasteiger partial charge < -0.3 is 10.6 Å². The van der Waals surface area contributed by atoms with Crippen LogP contribution in [0.15, 0.2) is 24.3 Å². The summed E-state index contributed by atoms with van der Waals surface area (Å²) in [5, 5.41) is 13.6. The second-order valence-corrected chi connectivity index (χ2v) is 3.79. The van der Waals surface area contributed by atoms with Crippen molar-refractivity contribution in [3.63, 3.8) is 0 Å². The molecule has 0 fully saturated rings. The van der Waals surface area contributed by atoms with Gasteiger partial charge in [0.15, 0.2) is 0 Å². The molecule has 1 aromatic rings. The van der Waals surface area contributed by atoms with Crippen molar-refractivity contribution < 1.29 is 9.59 Å². The molecule has 0 aromatic heterocycles. The van der Waals surface area contributed by atoms with Gasteiger partial charge in [-0.15, -0.1) is 11.6 Å². The molecule has 1 rings (SSSR count). The van der Waals surface area contributed by atoms with E-state index in [1.807, 2.05) is 6.07 Å². The van der Waals surface area contributed by atoms with Gasteiger partial charge in [0, 0.05) is 12.4 Å². The summed E-state index contributed by atoms with van der Waals surface area (Å²) in [5.41, 5.74) is 0.622. The number of halogens is 1. The Morgan fingerprint density at radius 1 is 1.28 bits per heavy atom. The SMILES string of the molecule is N#Cc1ccccc1NC(=O)C(=O)NCCCCl. The molecule has 94 valence electrons. The second kappa shape index (κ2) is 7.30. The minimum atomic E-state index is -0.799. The molecule has 0 atom stereocenters. The zero-order chi connectivity index (χ0) is 13.4. The number of anilines is 1. The first-order valence-electron chi connectivity index (χ1n) is 5.33. The third kappa shape index (κ3) is 4.07. The van der Waals surface area contributed by atoms with E-state index in [2.05, 4.69) is 10.6 Å². The van der Waals surface area contributed by atoms with Gasteiger partial charge in [-0.3, -0.25) is 9.59 Å². The fourth-order valence-corrected chi connectivity index (χ4v) is 1.35. The van der Waals surface area contributed by atoms with Crippen molar-refractivity contribution in [3.8, 4) is 6.07 Å². The number of benzene rings is 1. The van der Waals surface area contributed by atoms with Crippen LogP contribution >= 0.6 is 11.6 Å². The van der Waals surface area contributed by atoms with Crippen molar-refractivity contribution in [1.29, 1.82) is 5.26 Å². The number of amides is 2. The molecule has 1 aromatic carbocycles. The summed E-state index contributed by atoms with van der Waals surface area (Å²) in [6.45, 7) is 0.343. The topological polar surface area (TPSA) is 82.0 Å². The van der Waals surface area contributed by atoms with Crippen LogP contribution in [0.4, 0.5) is 5.69 Å². The lowest BCUT2D eigenvalue weighted by Crippen LogP contribution is -2.36. The Morgan fingerprint density at radius 3 is 2.67 bits per heavy atom.